The van der Waals surface area contributed by atoms with E-state index in [0.29, 0.717) is 21.8 Å². The van der Waals surface area contributed by atoms with E-state index >= 15 is 0 Å². The van der Waals surface area contributed by atoms with Crippen LogP contribution in [0.15, 0.2) is 29.4 Å². The van der Waals surface area contributed by atoms with Gasteiger partial charge in [-0.05, 0) is 52.0 Å². The van der Waals surface area contributed by atoms with Gasteiger partial charge in [-0.2, -0.15) is 0 Å². The molecule has 1 atom stereocenters. The van der Waals surface area contributed by atoms with E-state index in [9.17, 15) is 4.79 Å². The maximum atomic E-state index is 12.1. The van der Waals surface area contributed by atoms with Gasteiger partial charge in [-0.3, -0.25) is 9.89 Å². The number of carbonyl (C=O) groups excluding carboxylic acids is 1. The minimum atomic E-state index is -0.287. The minimum absolute atomic E-state index is 0.0451. The third-order valence-corrected chi connectivity index (χ3v) is 4.06. The number of aromatic nitrogens is 3. The lowest BCUT2D eigenvalue weighted by Crippen LogP contribution is -2.44. The zero-order valence-electron chi connectivity index (χ0n) is 14.1. The van der Waals surface area contributed by atoms with Crippen molar-refractivity contribution < 1.29 is 9.53 Å². The van der Waals surface area contributed by atoms with Crippen LogP contribution in [0.2, 0.25) is 5.02 Å². The van der Waals surface area contributed by atoms with Gasteiger partial charge in [-0.1, -0.05) is 23.4 Å². The molecule has 2 N–H and O–H groups in total. The Labute approximate surface area is 150 Å². The third-order valence-electron chi connectivity index (χ3n) is 2.85. The second-order valence-corrected chi connectivity index (χ2v) is 8.05. The molecule has 24 heavy (non-hydrogen) atoms. The zero-order chi connectivity index (χ0) is 17.7. The molecule has 0 fully saturated rings. The Bertz CT molecular complexity index is 682. The maximum absolute atomic E-state index is 12.1. The van der Waals surface area contributed by atoms with Crippen molar-refractivity contribution in [2.24, 2.45) is 0 Å². The van der Waals surface area contributed by atoms with E-state index in [1.54, 1.807) is 24.3 Å². The van der Waals surface area contributed by atoms with E-state index in [2.05, 4.69) is 20.5 Å². The van der Waals surface area contributed by atoms with Crippen LogP contribution in [-0.4, -0.2) is 31.9 Å². The fraction of sp³-hybridized carbons (Fsp3) is 0.438. The minimum Gasteiger partial charge on any atom is -0.486 e. The molecule has 0 saturated heterocycles. The fourth-order valence-corrected chi connectivity index (χ4v) is 2.63. The number of thioether (sulfide) groups is 1. The molecule has 1 aromatic carbocycles. The fourth-order valence-electron chi connectivity index (χ4n) is 1.76. The van der Waals surface area contributed by atoms with Crippen LogP contribution < -0.4 is 10.1 Å². The predicted octanol–water partition coefficient (Wildman–Crippen LogP) is 3.43. The highest BCUT2D eigenvalue weighted by Gasteiger charge is 2.21. The second-order valence-electron chi connectivity index (χ2n) is 6.31. The topological polar surface area (TPSA) is 79.9 Å². The highest BCUT2D eigenvalue weighted by atomic mass is 35.5. The Morgan fingerprint density at radius 1 is 1.38 bits per heavy atom. The number of nitrogens with zero attached hydrogens (tertiary/aromatic N) is 2. The van der Waals surface area contributed by atoms with E-state index < -0.39 is 0 Å². The summed E-state index contributed by atoms with van der Waals surface area (Å²) in [4.78, 5) is 16.4. The second kappa shape index (κ2) is 7.90. The van der Waals surface area contributed by atoms with Gasteiger partial charge in [0.05, 0.1) is 5.25 Å². The molecule has 0 unspecified atom stereocenters. The van der Waals surface area contributed by atoms with Crippen LogP contribution in [0.3, 0.4) is 0 Å². The molecule has 1 amide bonds. The monoisotopic (exact) mass is 368 g/mol. The standard InChI is InChI=1S/C16H21ClN4O2S/c1-10(14(22)19-16(2,3)4)24-15-18-13(20-21-15)9-23-12-7-5-11(17)6-8-12/h5-8,10H,9H2,1-4H3,(H,19,22)(H,18,20,21)/t10-/m0/s1. The Morgan fingerprint density at radius 3 is 2.67 bits per heavy atom. The van der Waals surface area contributed by atoms with Gasteiger partial charge in [0, 0.05) is 10.6 Å². The lowest BCUT2D eigenvalue weighted by atomic mass is 10.1. The lowest BCUT2D eigenvalue weighted by molar-refractivity contribution is -0.121. The van der Waals surface area contributed by atoms with Gasteiger partial charge in [-0.15, -0.1) is 5.10 Å². The maximum Gasteiger partial charge on any atom is 0.233 e. The van der Waals surface area contributed by atoms with E-state index in [1.165, 1.54) is 11.8 Å². The number of nitrogens with one attached hydrogen (secondary N) is 2. The van der Waals surface area contributed by atoms with E-state index in [-0.39, 0.29) is 23.3 Å². The summed E-state index contributed by atoms with van der Waals surface area (Å²) in [5.41, 5.74) is -0.261. The summed E-state index contributed by atoms with van der Waals surface area (Å²) in [5.74, 6) is 1.25. The number of rotatable bonds is 6. The molecule has 0 aliphatic heterocycles. The summed E-state index contributed by atoms with van der Waals surface area (Å²) < 4.78 is 5.60. The van der Waals surface area contributed by atoms with Crippen molar-refractivity contribution >= 4 is 29.3 Å². The molecule has 0 aliphatic carbocycles. The Kier molecular flexibility index (Phi) is 6.12. The van der Waals surface area contributed by atoms with Gasteiger partial charge in [0.1, 0.15) is 12.4 Å². The highest BCUT2D eigenvalue weighted by Crippen LogP contribution is 2.21. The molecule has 8 heteroatoms. The van der Waals surface area contributed by atoms with Crippen molar-refractivity contribution in [1.29, 1.82) is 0 Å². The molecule has 0 bridgehead atoms. The van der Waals surface area contributed by atoms with Gasteiger partial charge >= 0.3 is 0 Å². The summed E-state index contributed by atoms with van der Waals surface area (Å²) >= 11 is 7.12. The van der Waals surface area contributed by atoms with Gasteiger partial charge in [0.2, 0.25) is 11.1 Å². The Hall–Kier alpha value is -1.73. The first-order valence-corrected chi connectivity index (χ1v) is 8.77. The molecule has 0 aliphatic rings. The number of carbonyl (C=O) groups is 1. The Balaban J connectivity index is 1.86. The summed E-state index contributed by atoms with van der Waals surface area (Å²) in [6.07, 6.45) is 0. The van der Waals surface area contributed by atoms with Crippen molar-refractivity contribution in [3.63, 3.8) is 0 Å². The van der Waals surface area contributed by atoms with Crippen molar-refractivity contribution in [2.75, 3.05) is 0 Å². The van der Waals surface area contributed by atoms with E-state index in [1.807, 2.05) is 27.7 Å². The normalized spacial score (nSPS) is 12.7. The van der Waals surface area contributed by atoms with Crippen molar-refractivity contribution in [2.45, 2.75) is 50.2 Å². The number of hydrogen-bond acceptors (Lipinski definition) is 5. The lowest BCUT2D eigenvalue weighted by Gasteiger charge is -2.22. The highest BCUT2D eigenvalue weighted by molar-refractivity contribution is 8.00. The molecular formula is C16H21ClN4O2S. The average Bonchev–Trinajstić information content (AvgIpc) is 2.92. The summed E-state index contributed by atoms with van der Waals surface area (Å²) in [6, 6.07) is 7.09. The average molecular weight is 369 g/mol. The molecule has 2 aromatic rings. The molecule has 0 spiro atoms. The molecule has 6 nitrogen and oxygen atoms in total. The zero-order valence-corrected chi connectivity index (χ0v) is 15.7. The largest absolute Gasteiger partial charge is 0.486 e. The number of halogens is 1. The van der Waals surface area contributed by atoms with Crippen LogP contribution in [0, 0.1) is 0 Å². The number of aromatic amines is 1. The first kappa shape index (κ1) is 18.6. The number of ether oxygens (including phenoxy) is 1. The van der Waals surface area contributed by atoms with Crippen LogP contribution in [0.4, 0.5) is 0 Å². The van der Waals surface area contributed by atoms with Gasteiger partial charge in [0.25, 0.3) is 0 Å². The molecule has 1 aromatic heterocycles. The number of amides is 1. The van der Waals surface area contributed by atoms with Crippen molar-refractivity contribution in [1.82, 2.24) is 20.5 Å². The van der Waals surface area contributed by atoms with Gasteiger partial charge in [0.15, 0.2) is 5.82 Å². The number of H-pyrrole nitrogens is 1. The van der Waals surface area contributed by atoms with Crippen molar-refractivity contribution in [3.05, 3.63) is 35.1 Å². The quantitative estimate of drug-likeness (QED) is 0.763. The smallest absolute Gasteiger partial charge is 0.233 e. The summed E-state index contributed by atoms with van der Waals surface area (Å²) in [5, 5.41) is 10.7. The van der Waals surface area contributed by atoms with Gasteiger partial charge in [-0.25, -0.2) is 4.98 Å². The van der Waals surface area contributed by atoms with Crippen LogP contribution in [0.1, 0.15) is 33.5 Å². The van der Waals surface area contributed by atoms with Crippen LogP contribution in [0.25, 0.3) is 0 Å². The third kappa shape index (κ3) is 6.05. The molecule has 130 valence electrons. The van der Waals surface area contributed by atoms with Crippen LogP contribution >= 0.6 is 23.4 Å². The molecular weight excluding hydrogens is 348 g/mol. The SMILES string of the molecule is C[C@H](Sc1n[nH]c(COc2ccc(Cl)cc2)n1)C(=O)NC(C)(C)C. The predicted molar refractivity (Wildman–Crippen MR) is 95.4 cm³/mol. The number of hydrogen-bond donors (Lipinski definition) is 2. The first-order chi connectivity index (χ1) is 11.2. The summed E-state index contributed by atoms with van der Waals surface area (Å²) in [6.45, 7) is 7.92. The Morgan fingerprint density at radius 2 is 2.04 bits per heavy atom. The van der Waals surface area contributed by atoms with E-state index in [4.69, 9.17) is 16.3 Å². The van der Waals surface area contributed by atoms with Crippen LogP contribution in [-0.2, 0) is 11.4 Å². The van der Waals surface area contributed by atoms with Crippen LogP contribution in [0.5, 0.6) is 5.75 Å². The molecule has 0 saturated carbocycles. The van der Waals surface area contributed by atoms with Gasteiger partial charge < -0.3 is 10.1 Å². The summed E-state index contributed by atoms with van der Waals surface area (Å²) in [7, 11) is 0. The first-order valence-electron chi connectivity index (χ1n) is 7.51. The number of benzene rings is 1. The molecule has 2 rings (SSSR count). The van der Waals surface area contributed by atoms with Crippen molar-refractivity contribution in [3.8, 4) is 5.75 Å². The molecule has 0 radical (unpaired) electrons. The van der Waals surface area contributed by atoms with E-state index in [0.717, 1.165) is 0 Å². The molecule has 1 heterocycles.